The fourth-order valence-corrected chi connectivity index (χ4v) is 1.72. The standard InChI is InChI=1S/C14H15N2O2/c1-9-4-5-13(15-14(9)8-17)12-6-10(2)11(3)16(18)7-12/h4,6-7,17H,8H2,1-3H3. The lowest BCUT2D eigenvalue weighted by Gasteiger charge is -2.08. The lowest BCUT2D eigenvalue weighted by atomic mass is 10.1. The van der Waals surface area contributed by atoms with Crippen molar-refractivity contribution in [3.63, 3.8) is 0 Å². The van der Waals surface area contributed by atoms with Gasteiger partial charge >= 0.3 is 0 Å². The van der Waals surface area contributed by atoms with E-state index in [1.165, 1.54) is 6.20 Å². The zero-order chi connectivity index (χ0) is 13.3. The molecule has 0 fully saturated rings. The van der Waals surface area contributed by atoms with E-state index >= 15 is 0 Å². The van der Waals surface area contributed by atoms with Crippen LogP contribution in [0.3, 0.4) is 0 Å². The molecule has 1 radical (unpaired) electrons. The summed E-state index contributed by atoms with van der Waals surface area (Å²) in [6.45, 7) is 5.41. The molecule has 2 heterocycles. The molecule has 4 heteroatoms. The van der Waals surface area contributed by atoms with Crippen molar-refractivity contribution in [2.75, 3.05) is 0 Å². The molecule has 0 saturated heterocycles. The zero-order valence-corrected chi connectivity index (χ0v) is 10.7. The SMILES string of the molecule is Cc1c[c]c(-c2cc(C)c(C)[n+]([O-])c2)nc1CO. The van der Waals surface area contributed by atoms with Crippen LogP contribution in [0.1, 0.15) is 22.5 Å². The van der Waals surface area contributed by atoms with Gasteiger partial charge in [-0.25, -0.2) is 4.98 Å². The van der Waals surface area contributed by atoms with E-state index in [2.05, 4.69) is 11.1 Å². The van der Waals surface area contributed by atoms with Crippen molar-refractivity contribution in [2.45, 2.75) is 27.4 Å². The monoisotopic (exact) mass is 243 g/mol. The predicted octanol–water partition coefficient (Wildman–Crippen LogP) is 1.60. The molecular formula is C14H15N2O2. The molecule has 0 aliphatic heterocycles. The maximum Gasteiger partial charge on any atom is 0.192 e. The van der Waals surface area contributed by atoms with Gasteiger partial charge in [0, 0.05) is 18.6 Å². The third-order valence-electron chi connectivity index (χ3n) is 3.08. The van der Waals surface area contributed by atoms with Crippen molar-refractivity contribution in [3.8, 4) is 11.3 Å². The minimum absolute atomic E-state index is 0.115. The van der Waals surface area contributed by atoms with Crippen LogP contribution >= 0.6 is 0 Å². The minimum atomic E-state index is -0.115. The summed E-state index contributed by atoms with van der Waals surface area (Å²) in [6, 6.07) is 6.70. The molecule has 0 unspecified atom stereocenters. The highest BCUT2D eigenvalue weighted by molar-refractivity contribution is 5.58. The Hall–Kier alpha value is -1.94. The highest BCUT2D eigenvalue weighted by atomic mass is 16.5. The molecule has 0 amide bonds. The van der Waals surface area contributed by atoms with Crippen molar-refractivity contribution in [2.24, 2.45) is 0 Å². The first kappa shape index (κ1) is 12.5. The lowest BCUT2D eigenvalue weighted by Crippen LogP contribution is -2.30. The summed E-state index contributed by atoms with van der Waals surface area (Å²) in [7, 11) is 0. The van der Waals surface area contributed by atoms with Crippen molar-refractivity contribution in [1.29, 1.82) is 0 Å². The van der Waals surface area contributed by atoms with E-state index in [-0.39, 0.29) is 6.61 Å². The van der Waals surface area contributed by atoms with E-state index in [9.17, 15) is 10.3 Å². The maximum atomic E-state index is 11.7. The van der Waals surface area contributed by atoms with Crippen molar-refractivity contribution in [3.05, 3.63) is 52.1 Å². The smallest absolute Gasteiger partial charge is 0.192 e. The third-order valence-corrected chi connectivity index (χ3v) is 3.08. The van der Waals surface area contributed by atoms with Gasteiger partial charge in [0.1, 0.15) is 0 Å². The van der Waals surface area contributed by atoms with Crippen LogP contribution in [0.15, 0.2) is 18.3 Å². The minimum Gasteiger partial charge on any atom is -0.618 e. The Labute approximate surface area is 106 Å². The molecule has 0 spiro atoms. The molecule has 0 aliphatic rings. The van der Waals surface area contributed by atoms with Gasteiger partial charge in [-0.1, -0.05) is 0 Å². The Bertz CT molecular complexity index is 571. The summed E-state index contributed by atoms with van der Waals surface area (Å²) in [4.78, 5) is 4.32. The fourth-order valence-electron chi connectivity index (χ4n) is 1.72. The fraction of sp³-hybridized carbons (Fsp3) is 0.286. The molecule has 0 saturated carbocycles. The first-order chi connectivity index (χ1) is 8.52. The quantitative estimate of drug-likeness (QED) is 0.643. The Balaban J connectivity index is 2.55. The Morgan fingerprint density at radius 3 is 2.67 bits per heavy atom. The highest BCUT2D eigenvalue weighted by Crippen LogP contribution is 2.19. The molecule has 1 N–H and O–H groups in total. The van der Waals surface area contributed by atoms with Gasteiger partial charge in [-0.2, -0.15) is 4.73 Å². The Morgan fingerprint density at radius 2 is 2.06 bits per heavy atom. The number of hydrogen-bond acceptors (Lipinski definition) is 3. The molecule has 93 valence electrons. The highest BCUT2D eigenvalue weighted by Gasteiger charge is 2.11. The maximum absolute atomic E-state index is 11.7. The summed E-state index contributed by atoms with van der Waals surface area (Å²) < 4.78 is 0.832. The summed E-state index contributed by atoms with van der Waals surface area (Å²) >= 11 is 0. The zero-order valence-electron chi connectivity index (χ0n) is 10.7. The van der Waals surface area contributed by atoms with Gasteiger partial charge in [0.25, 0.3) is 0 Å². The van der Waals surface area contributed by atoms with Crippen LogP contribution in [0.4, 0.5) is 0 Å². The molecule has 0 bridgehead atoms. The van der Waals surface area contributed by atoms with Gasteiger partial charge in [0.2, 0.25) is 0 Å². The van der Waals surface area contributed by atoms with Gasteiger partial charge in [0.05, 0.1) is 23.6 Å². The first-order valence-electron chi connectivity index (χ1n) is 5.72. The van der Waals surface area contributed by atoms with E-state index in [4.69, 9.17) is 0 Å². The van der Waals surface area contributed by atoms with Crippen molar-refractivity contribution >= 4 is 0 Å². The summed E-state index contributed by atoms with van der Waals surface area (Å²) in [5, 5.41) is 20.9. The average Bonchev–Trinajstić information content (AvgIpc) is 2.36. The van der Waals surface area contributed by atoms with Crippen LogP contribution in [-0.4, -0.2) is 10.1 Å². The van der Waals surface area contributed by atoms with Gasteiger partial charge in [0.15, 0.2) is 11.9 Å². The number of hydrogen-bond donors (Lipinski definition) is 1. The largest absolute Gasteiger partial charge is 0.618 e. The van der Waals surface area contributed by atoms with Crippen LogP contribution in [0.5, 0.6) is 0 Å². The van der Waals surface area contributed by atoms with Crippen molar-refractivity contribution in [1.82, 2.24) is 4.98 Å². The molecule has 2 rings (SSSR count). The number of aryl methyl sites for hydroxylation is 2. The molecule has 0 aliphatic carbocycles. The number of nitrogens with zero attached hydrogens (tertiary/aromatic N) is 2. The van der Waals surface area contributed by atoms with Crippen LogP contribution in [0.25, 0.3) is 11.3 Å². The molecule has 4 nitrogen and oxygen atoms in total. The predicted molar refractivity (Wildman–Crippen MR) is 67.6 cm³/mol. The van der Waals surface area contributed by atoms with Crippen LogP contribution in [0.2, 0.25) is 0 Å². The molecule has 2 aromatic rings. The number of aliphatic hydroxyl groups excluding tert-OH is 1. The van der Waals surface area contributed by atoms with Crippen molar-refractivity contribution < 1.29 is 9.84 Å². The third kappa shape index (κ3) is 2.19. The number of pyridine rings is 2. The average molecular weight is 243 g/mol. The van der Waals surface area contributed by atoms with Gasteiger partial charge in [-0.15, -0.1) is 0 Å². The Kier molecular flexibility index (Phi) is 3.30. The van der Waals surface area contributed by atoms with Crippen LogP contribution < -0.4 is 4.73 Å². The van der Waals surface area contributed by atoms with Gasteiger partial charge in [-0.05, 0) is 31.5 Å². The second kappa shape index (κ2) is 4.74. The normalized spacial score (nSPS) is 10.7. The first-order valence-corrected chi connectivity index (χ1v) is 5.72. The van der Waals surface area contributed by atoms with E-state index in [1.54, 1.807) is 13.0 Å². The second-order valence-corrected chi connectivity index (χ2v) is 4.36. The second-order valence-electron chi connectivity index (χ2n) is 4.36. The van der Waals surface area contributed by atoms with E-state index in [1.807, 2.05) is 19.9 Å². The summed E-state index contributed by atoms with van der Waals surface area (Å²) in [5.74, 6) is 0. The van der Waals surface area contributed by atoms with Crippen LogP contribution in [0, 0.1) is 32.0 Å². The lowest BCUT2D eigenvalue weighted by molar-refractivity contribution is -0.612. The summed E-state index contributed by atoms with van der Waals surface area (Å²) in [5.41, 5.74) is 4.37. The van der Waals surface area contributed by atoms with E-state index < -0.39 is 0 Å². The molecule has 0 aromatic carbocycles. The molecule has 18 heavy (non-hydrogen) atoms. The summed E-state index contributed by atoms with van der Waals surface area (Å²) in [6.07, 6.45) is 1.48. The number of rotatable bonds is 2. The molecule has 2 aromatic heterocycles. The number of aliphatic hydroxyl groups is 1. The van der Waals surface area contributed by atoms with E-state index in [0.717, 1.165) is 15.9 Å². The molecule has 0 atom stereocenters. The Morgan fingerprint density at radius 1 is 1.33 bits per heavy atom. The van der Waals surface area contributed by atoms with Crippen LogP contribution in [-0.2, 0) is 6.61 Å². The number of aromatic nitrogens is 2. The van der Waals surface area contributed by atoms with Gasteiger partial charge < -0.3 is 10.3 Å². The molecular weight excluding hydrogens is 228 g/mol. The van der Waals surface area contributed by atoms with E-state index in [0.29, 0.717) is 22.6 Å². The van der Waals surface area contributed by atoms with Gasteiger partial charge in [-0.3, -0.25) is 0 Å². The topological polar surface area (TPSA) is 60.1 Å².